The number of hydrogen-bond acceptors (Lipinski definition) is 3. The number of carbonyl (C=O) groups is 1. The van der Waals surface area contributed by atoms with Crippen LogP contribution >= 0.6 is 0 Å². The molecule has 1 fully saturated rings. The van der Waals surface area contributed by atoms with Gasteiger partial charge in [-0.3, -0.25) is 4.79 Å². The Balaban J connectivity index is 0.00000163. The highest BCUT2D eigenvalue weighted by Gasteiger charge is 2.13. The third-order valence-corrected chi connectivity index (χ3v) is 4.25. The van der Waals surface area contributed by atoms with Crippen LogP contribution in [0.4, 0.5) is 0 Å². The first-order valence-corrected chi connectivity index (χ1v) is 9.13. The number of nitrogens with two attached hydrogens (primary N) is 1. The molecule has 1 aliphatic heterocycles. The van der Waals surface area contributed by atoms with E-state index in [0.717, 1.165) is 38.6 Å². The molecule has 1 rings (SSSR count). The van der Waals surface area contributed by atoms with Crippen molar-refractivity contribution >= 4 is 6.41 Å². The van der Waals surface area contributed by atoms with Crippen LogP contribution in [0.15, 0.2) is 36.0 Å². The van der Waals surface area contributed by atoms with E-state index in [9.17, 15) is 0 Å². The molecule has 0 atom stereocenters. The Labute approximate surface area is 148 Å². The lowest BCUT2D eigenvalue weighted by Gasteiger charge is -2.22. The van der Waals surface area contributed by atoms with Crippen molar-refractivity contribution in [2.75, 3.05) is 26.3 Å². The van der Waals surface area contributed by atoms with Crippen LogP contribution < -0.4 is 11.1 Å². The molecule has 0 radical (unpaired) electrons. The van der Waals surface area contributed by atoms with Gasteiger partial charge in [-0.15, -0.1) is 0 Å². The Morgan fingerprint density at radius 2 is 1.96 bits per heavy atom. The van der Waals surface area contributed by atoms with Gasteiger partial charge in [-0.05, 0) is 70.0 Å². The molecule has 0 unspecified atom stereocenters. The quantitative estimate of drug-likeness (QED) is 0.363. The first-order chi connectivity index (χ1) is 11.7. The molecular weight excluding hydrogens is 300 g/mol. The van der Waals surface area contributed by atoms with Crippen LogP contribution in [0.3, 0.4) is 0 Å². The van der Waals surface area contributed by atoms with Gasteiger partial charge >= 0.3 is 0 Å². The molecule has 4 heteroatoms. The maximum atomic E-state index is 8.58. The lowest BCUT2D eigenvalue weighted by Crippen LogP contribution is -2.15. The lowest BCUT2D eigenvalue weighted by atomic mass is 9.92. The molecule has 0 bridgehead atoms. The van der Waals surface area contributed by atoms with Crippen LogP contribution in [0.5, 0.6) is 0 Å². The van der Waals surface area contributed by atoms with E-state index in [1.54, 1.807) is 0 Å². The van der Waals surface area contributed by atoms with Crippen molar-refractivity contribution in [2.24, 2.45) is 11.7 Å². The van der Waals surface area contributed by atoms with Gasteiger partial charge in [0.15, 0.2) is 0 Å². The Morgan fingerprint density at radius 1 is 1.29 bits per heavy atom. The summed E-state index contributed by atoms with van der Waals surface area (Å²) in [7, 11) is 0. The molecule has 0 aromatic rings. The fourth-order valence-corrected chi connectivity index (χ4v) is 2.77. The van der Waals surface area contributed by atoms with Crippen LogP contribution in [-0.4, -0.2) is 32.7 Å². The largest absolute Gasteiger partial charge is 0.381 e. The molecule has 1 heterocycles. The molecule has 1 saturated heterocycles. The molecule has 4 nitrogen and oxygen atoms in total. The van der Waals surface area contributed by atoms with Crippen molar-refractivity contribution in [1.82, 2.24) is 5.32 Å². The van der Waals surface area contributed by atoms with Gasteiger partial charge in [0.25, 0.3) is 0 Å². The zero-order chi connectivity index (χ0) is 18.0. The summed E-state index contributed by atoms with van der Waals surface area (Å²) in [6.07, 6.45) is 14.1. The summed E-state index contributed by atoms with van der Waals surface area (Å²) in [6.45, 7) is 12.3. The Kier molecular flexibility index (Phi) is 15.5. The van der Waals surface area contributed by atoms with Crippen LogP contribution in [-0.2, 0) is 9.53 Å². The van der Waals surface area contributed by atoms with Crippen molar-refractivity contribution in [3.63, 3.8) is 0 Å². The normalized spacial score (nSPS) is 16.2. The number of allylic oxidation sites excluding steroid dienone is 5. The van der Waals surface area contributed by atoms with Gasteiger partial charge < -0.3 is 15.8 Å². The van der Waals surface area contributed by atoms with E-state index in [-0.39, 0.29) is 6.41 Å². The number of rotatable bonds is 10. The Bertz CT molecular complexity index is 383. The number of amides is 1. The van der Waals surface area contributed by atoms with Crippen molar-refractivity contribution in [3.05, 3.63) is 36.0 Å². The summed E-state index contributed by atoms with van der Waals surface area (Å²) in [5.41, 5.74) is 6.99. The van der Waals surface area contributed by atoms with Gasteiger partial charge in [0.1, 0.15) is 0 Å². The summed E-state index contributed by atoms with van der Waals surface area (Å²) in [5, 5.41) is 3.38. The highest BCUT2D eigenvalue weighted by Crippen LogP contribution is 2.23. The molecule has 3 N–H and O–H groups in total. The van der Waals surface area contributed by atoms with Crippen molar-refractivity contribution in [2.45, 2.75) is 52.4 Å². The summed E-state index contributed by atoms with van der Waals surface area (Å²) < 4.78 is 5.43. The Morgan fingerprint density at radius 3 is 2.50 bits per heavy atom. The van der Waals surface area contributed by atoms with E-state index in [2.05, 4.69) is 43.6 Å². The van der Waals surface area contributed by atoms with Crippen LogP contribution in [0.1, 0.15) is 52.4 Å². The van der Waals surface area contributed by atoms with E-state index < -0.39 is 0 Å². The van der Waals surface area contributed by atoms with Crippen LogP contribution in [0.2, 0.25) is 0 Å². The van der Waals surface area contributed by atoms with E-state index in [1.165, 1.54) is 43.3 Å². The SMILES string of the molecule is C=C/C(=C\C(=C/C)CCC1CCOCC1)CCCNCC.NC=O. The van der Waals surface area contributed by atoms with E-state index >= 15 is 0 Å². The Hall–Kier alpha value is -1.39. The molecule has 1 aliphatic rings. The molecular formula is C20H36N2O2. The molecule has 1 amide bonds. The second-order valence-electron chi connectivity index (χ2n) is 5.97. The minimum atomic E-state index is 0.250. The van der Waals surface area contributed by atoms with Crippen molar-refractivity contribution in [3.8, 4) is 0 Å². The first-order valence-electron chi connectivity index (χ1n) is 9.13. The van der Waals surface area contributed by atoms with E-state index in [4.69, 9.17) is 9.53 Å². The minimum absolute atomic E-state index is 0.250. The van der Waals surface area contributed by atoms with Crippen LogP contribution in [0, 0.1) is 5.92 Å². The molecule has 0 spiro atoms. The lowest BCUT2D eigenvalue weighted by molar-refractivity contribution is -0.106. The fraction of sp³-hybridized carbons (Fsp3) is 0.650. The molecule has 24 heavy (non-hydrogen) atoms. The fourth-order valence-electron chi connectivity index (χ4n) is 2.77. The second-order valence-corrected chi connectivity index (χ2v) is 5.97. The standard InChI is InChI=1S/C19H33NO.CH3NO/c1-4-17(8-7-13-20-6-3)16-18(5-2)9-10-19-11-14-21-15-12-19;2-1-3/h4-5,16,19-20H,1,6-15H2,2-3H3;1H,(H2,2,3)/b17-16+,18-5-;. The molecule has 0 saturated carbocycles. The van der Waals surface area contributed by atoms with Gasteiger partial charge in [-0.25, -0.2) is 0 Å². The van der Waals surface area contributed by atoms with Gasteiger partial charge in [-0.1, -0.05) is 37.3 Å². The maximum absolute atomic E-state index is 8.58. The summed E-state index contributed by atoms with van der Waals surface area (Å²) in [4.78, 5) is 8.58. The van der Waals surface area contributed by atoms with E-state index in [1.807, 2.05) is 6.08 Å². The highest BCUT2D eigenvalue weighted by atomic mass is 16.5. The van der Waals surface area contributed by atoms with E-state index in [0.29, 0.717) is 0 Å². The second kappa shape index (κ2) is 16.5. The first kappa shape index (κ1) is 22.6. The number of carbonyl (C=O) groups excluding carboxylic acids is 1. The van der Waals surface area contributed by atoms with Gasteiger partial charge in [0.05, 0.1) is 0 Å². The smallest absolute Gasteiger partial charge is 0.204 e. The van der Waals surface area contributed by atoms with Crippen LogP contribution in [0.25, 0.3) is 0 Å². The average molecular weight is 337 g/mol. The molecule has 0 aromatic heterocycles. The minimum Gasteiger partial charge on any atom is -0.381 e. The number of primary amides is 1. The number of hydrogen-bond donors (Lipinski definition) is 2. The van der Waals surface area contributed by atoms with Crippen molar-refractivity contribution in [1.29, 1.82) is 0 Å². The summed E-state index contributed by atoms with van der Waals surface area (Å²) >= 11 is 0. The number of ether oxygens (including phenoxy) is 1. The van der Waals surface area contributed by atoms with Gasteiger partial charge in [0, 0.05) is 13.2 Å². The average Bonchev–Trinajstić information content (AvgIpc) is 2.62. The number of nitrogens with one attached hydrogen (secondary N) is 1. The maximum Gasteiger partial charge on any atom is 0.204 e. The summed E-state index contributed by atoms with van der Waals surface area (Å²) in [5.74, 6) is 0.850. The molecule has 138 valence electrons. The predicted molar refractivity (Wildman–Crippen MR) is 103 cm³/mol. The predicted octanol–water partition coefficient (Wildman–Crippen LogP) is 3.74. The van der Waals surface area contributed by atoms with Gasteiger partial charge in [0.2, 0.25) is 6.41 Å². The zero-order valence-electron chi connectivity index (χ0n) is 15.6. The third kappa shape index (κ3) is 12.1. The van der Waals surface area contributed by atoms with Crippen molar-refractivity contribution < 1.29 is 9.53 Å². The third-order valence-electron chi connectivity index (χ3n) is 4.25. The topological polar surface area (TPSA) is 64.3 Å². The molecule has 0 aliphatic carbocycles. The zero-order valence-corrected chi connectivity index (χ0v) is 15.6. The molecule has 0 aromatic carbocycles. The monoisotopic (exact) mass is 336 g/mol. The van der Waals surface area contributed by atoms with Gasteiger partial charge in [-0.2, -0.15) is 0 Å². The highest BCUT2D eigenvalue weighted by molar-refractivity contribution is 5.42. The summed E-state index contributed by atoms with van der Waals surface area (Å²) in [6, 6.07) is 0.